The summed E-state index contributed by atoms with van der Waals surface area (Å²) in [6.07, 6.45) is 2.74. The quantitative estimate of drug-likeness (QED) is 0.812. The van der Waals surface area contributed by atoms with Gasteiger partial charge in [0.25, 0.3) is 10.1 Å². The Bertz CT molecular complexity index is 720. The van der Waals surface area contributed by atoms with Crippen LogP contribution in [0.15, 0.2) is 34.7 Å². The highest BCUT2D eigenvalue weighted by atomic mass is 32.2. The number of fused-ring (bicyclic) bond motifs is 1. The van der Waals surface area contributed by atoms with Crippen molar-refractivity contribution in [1.82, 2.24) is 4.98 Å². The Morgan fingerprint density at radius 2 is 2.10 bits per heavy atom. The van der Waals surface area contributed by atoms with Crippen molar-refractivity contribution in [2.45, 2.75) is 31.1 Å². The first-order valence-electron chi connectivity index (χ1n) is 6.92. The molecule has 1 aromatic heterocycles. The Morgan fingerprint density at radius 3 is 2.86 bits per heavy atom. The van der Waals surface area contributed by atoms with E-state index in [1.807, 2.05) is 12.4 Å². The molecule has 0 N–H and O–H groups in total. The number of aromatic nitrogens is 1. The van der Waals surface area contributed by atoms with E-state index < -0.39 is 10.1 Å². The lowest BCUT2D eigenvalue weighted by molar-refractivity contribution is 0.239. The minimum atomic E-state index is -3.66. The molecule has 0 amide bonds. The van der Waals surface area contributed by atoms with Gasteiger partial charge < -0.3 is 0 Å². The highest BCUT2D eigenvalue weighted by molar-refractivity contribution is 7.86. The highest BCUT2D eigenvalue weighted by Gasteiger charge is 2.24. The first-order chi connectivity index (χ1) is 10.0. The van der Waals surface area contributed by atoms with Crippen molar-refractivity contribution in [2.24, 2.45) is 5.92 Å². The van der Waals surface area contributed by atoms with Gasteiger partial charge in [-0.3, -0.25) is 4.18 Å². The molecule has 0 fully saturated rings. The molecule has 112 valence electrons. The summed E-state index contributed by atoms with van der Waals surface area (Å²) in [5.41, 5.74) is 3.99. The molecule has 21 heavy (non-hydrogen) atoms. The smallest absolute Gasteiger partial charge is 0.266 e. The molecule has 0 aliphatic heterocycles. The number of thiazole rings is 1. The van der Waals surface area contributed by atoms with Crippen LogP contribution in [-0.2, 0) is 27.1 Å². The molecule has 0 spiro atoms. The Hall–Kier alpha value is -1.24. The van der Waals surface area contributed by atoms with Crippen molar-refractivity contribution in [3.63, 3.8) is 0 Å². The van der Waals surface area contributed by atoms with Crippen molar-refractivity contribution in [2.75, 3.05) is 6.61 Å². The van der Waals surface area contributed by atoms with Gasteiger partial charge in [0.05, 0.1) is 22.7 Å². The van der Waals surface area contributed by atoms with Gasteiger partial charge in [-0.25, -0.2) is 4.98 Å². The van der Waals surface area contributed by atoms with E-state index in [0.717, 1.165) is 30.5 Å². The molecule has 0 saturated heterocycles. The van der Waals surface area contributed by atoms with Crippen LogP contribution in [0.1, 0.15) is 22.6 Å². The van der Waals surface area contributed by atoms with Crippen molar-refractivity contribution in [1.29, 1.82) is 0 Å². The van der Waals surface area contributed by atoms with E-state index in [2.05, 4.69) is 4.98 Å². The summed E-state index contributed by atoms with van der Waals surface area (Å²) in [5, 5.41) is 0. The van der Waals surface area contributed by atoms with Crippen LogP contribution in [0.4, 0.5) is 0 Å². The SMILES string of the molecule is Cc1ccc(S(=O)(=O)OCC2CCc3scnc3C2)cc1. The third-order valence-electron chi connectivity index (χ3n) is 3.76. The molecule has 1 atom stereocenters. The summed E-state index contributed by atoms with van der Waals surface area (Å²) in [5.74, 6) is 0.222. The average Bonchev–Trinajstić information content (AvgIpc) is 2.93. The summed E-state index contributed by atoms with van der Waals surface area (Å²) < 4.78 is 29.5. The number of nitrogens with zero attached hydrogens (tertiary/aromatic N) is 1. The van der Waals surface area contributed by atoms with Crippen LogP contribution in [0.3, 0.4) is 0 Å². The summed E-state index contributed by atoms with van der Waals surface area (Å²) in [6, 6.07) is 6.73. The maximum absolute atomic E-state index is 12.1. The third kappa shape index (κ3) is 3.33. The molecule has 0 bridgehead atoms. The van der Waals surface area contributed by atoms with Gasteiger partial charge in [0.15, 0.2) is 0 Å². The zero-order valence-electron chi connectivity index (χ0n) is 11.8. The maximum atomic E-state index is 12.1. The Kier molecular flexibility index (Phi) is 4.10. The molecule has 4 nitrogen and oxygen atoms in total. The van der Waals surface area contributed by atoms with E-state index in [9.17, 15) is 8.42 Å². The highest BCUT2D eigenvalue weighted by Crippen LogP contribution is 2.28. The fourth-order valence-electron chi connectivity index (χ4n) is 2.48. The lowest BCUT2D eigenvalue weighted by Gasteiger charge is -2.20. The van der Waals surface area contributed by atoms with E-state index in [-0.39, 0.29) is 17.4 Å². The number of aryl methyl sites for hydroxylation is 2. The molecular weight excluding hydrogens is 306 g/mol. The second-order valence-electron chi connectivity index (χ2n) is 5.38. The molecule has 1 unspecified atom stereocenters. The molecule has 3 rings (SSSR count). The van der Waals surface area contributed by atoms with Crippen molar-refractivity contribution in [3.8, 4) is 0 Å². The van der Waals surface area contributed by atoms with Gasteiger partial charge in [0, 0.05) is 4.88 Å². The van der Waals surface area contributed by atoms with Crippen LogP contribution >= 0.6 is 11.3 Å². The zero-order valence-corrected chi connectivity index (χ0v) is 13.4. The van der Waals surface area contributed by atoms with Gasteiger partial charge >= 0.3 is 0 Å². The van der Waals surface area contributed by atoms with Crippen LogP contribution in [0.2, 0.25) is 0 Å². The molecule has 1 heterocycles. The van der Waals surface area contributed by atoms with Gasteiger partial charge in [-0.1, -0.05) is 17.7 Å². The lowest BCUT2D eigenvalue weighted by Crippen LogP contribution is -2.21. The Morgan fingerprint density at radius 1 is 1.33 bits per heavy atom. The van der Waals surface area contributed by atoms with E-state index in [0.29, 0.717) is 0 Å². The average molecular weight is 323 g/mol. The Balaban J connectivity index is 1.64. The zero-order chi connectivity index (χ0) is 14.9. The minimum absolute atomic E-state index is 0.221. The minimum Gasteiger partial charge on any atom is -0.266 e. The fraction of sp³-hybridized carbons (Fsp3) is 0.400. The second kappa shape index (κ2) is 5.87. The molecule has 1 aromatic carbocycles. The molecule has 0 saturated carbocycles. The van der Waals surface area contributed by atoms with Crippen molar-refractivity contribution >= 4 is 21.5 Å². The predicted octanol–water partition coefficient (Wildman–Crippen LogP) is 2.96. The first-order valence-corrected chi connectivity index (χ1v) is 9.21. The summed E-state index contributed by atoms with van der Waals surface area (Å²) in [4.78, 5) is 5.88. The normalized spacial score (nSPS) is 18.4. The van der Waals surface area contributed by atoms with Crippen molar-refractivity contribution < 1.29 is 12.6 Å². The van der Waals surface area contributed by atoms with Gasteiger partial charge in [-0.2, -0.15) is 8.42 Å². The van der Waals surface area contributed by atoms with Crippen molar-refractivity contribution in [3.05, 3.63) is 45.9 Å². The summed E-state index contributed by atoms with van der Waals surface area (Å²) >= 11 is 1.68. The third-order valence-corrected chi connectivity index (χ3v) is 5.99. The topological polar surface area (TPSA) is 56.3 Å². The monoisotopic (exact) mass is 323 g/mol. The maximum Gasteiger partial charge on any atom is 0.296 e. The fourth-order valence-corrected chi connectivity index (χ4v) is 4.27. The van der Waals surface area contributed by atoms with E-state index in [1.54, 1.807) is 35.6 Å². The number of hydrogen-bond acceptors (Lipinski definition) is 5. The van der Waals surface area contributed by atoms with Crippen LogP contribution in [-0.4, -0.2) is 20.0 Å². The largest absolute Gasteiger partial charge is 0.296 e. The number of hydrogen-bond donors (Lipinski definition) is 0. The standard InChI is InChI=1S/C15H17NO3S2/c1-11-2-5-13(6-3-11)21(17,18)19-9-12-4-7-15-14(8-12)16-10-20-15/h2-3,5-6,10,12H,4,7-9H2,1H3. The first kappa shape index (κ1) is 14.7. The van der Waals surface area contributed by atoms with Crippen LogP contribution < -0.4 is 0 Å². The van der Waals surface area contributed by atoms with E-state index in [1.165, 1.54) is 4.88 Å². The summed E-state index contributed by atoms with van der Waals surface area (Å²) in [7, 11) is -3.66. The Labute approximate surface area is 128 Å². The molecule has 1 aliphatic rings. The van der Waals surface area contributed by atoms with Gasteiger partial charge in [0.2, 0.25) is 0 Å². The number of rotatable bonds is 4. The van der Waals surface area contributed by atoms with Gasteiger partial charge in [-0.15, -0.1) is 11.3 Å². The van der Waals surface area contributed by atoms with Gasteiger partial charge in [0.1, 0.15) is 0 Å². The molecule has 6 heteroatoms. The number of benzene rings is 1. The van der Waals surface area contributed by atoms with Crippen LogP contribution in [0.25, 0.3) is 0 Å². The van der Waals surface area contributed by atoms with Crippen LogP contribution in [0.5, 0.6) is 0 Å². The van der Waals surface area contributed by atoms with E-state index >= 15 is 0 Å². The lowest BCUT2D eigenvalue weighted by atomic mass is 9.92. The molecule has 1 aliphatic carbocycles. The molecular formula is C15H17NO3S2. The molecule has 0 radical (unpaired) electrons. The second-order valence-corrected chi connectivity index (χ2v) is 7.94. The van der Waals surface area contributed by atoms with Gasteiger partial charge in [-0.05, 0) is 44.2 Å². The van der Waals surface area contributed by atoms with E-state index in [4.69, 9.17) is 4.18 Å². The summed E-state index contributed by atoms with van der Waals surface area (Å²) in [6.45, 7) is 2.15. The van der Waals surface area contributed by atoms with Crippen LogP contribution in [0, 0.1) is 12.8 Å². The predicted molar refractivity (Wildman–Crippen MR) is 81.9 cm³/mol. The molecule has 2 aromatic rings.